The summed E-state index contributed by atoms with van der Waals surface area (Å²) in [6, 6.07) is 16.8. The average Bonchev–Trinajstić information content (AvgIpc) is 3.39. The van der Waals surface area contributed by atoms with Crippen LogP contribution in [0, 0.1) is 0 Å². The van der Waals surface area contributed by atoms with E-state index in [4.69, 9.17) is 5.21 Å². The second-order valence-electron chi connectivity index (χ2n) is 6.21. The van der Waals surface area contributed by atoms with Crippen LogP contribution in [0.4, 0.5) is 11.4 Å². The van der Waals surface area contributed by atoms with Crippen LogP contribution in [0.25, 0.3) is 9.75 Å². The summed E-state index contributed by atoms with van der Waals surface area (Å²) in [6.45, 7) is 3.54. The maximum Gasteiger partial charge on any atom is 0.130 e. The fraction of sp³-hybridized carbons (Fsp3) is 0.200. The van der Waals surface area contributed by atoms with Gasteiger partial charge in [0.2, 0.25) is 0 Å². The van der Waals surface area contributed by atoms with Gasteiger partial charge < -0.3 is 15.0 Å². The fourth-order valence-corrected chi connectivity index (χ4v) is 4.74. The van der Waals surface area contributed by atoms with E-state index in [-0.39, 0.29) is 0 Å². The minimum atomic E-state index is 0.856. The predicted octanol–water partition coefficient (Wildman–Crippen LogP) is 4.77. The third-order valence-corrected chi connectivity index (χ3v) is 6.56. The Hall–Kier alpha value is -2.64. The van der Waals surface area contributed by atoms with E-state index in [1.165, 1.54) is 21.8 Å². The Labute approximate surface area is 166 Å². The Kier molecular flexibility index (Phi) is 5.50. The van der Waals surface area contributed by atoms with Crippen molar-refractivity contribution >= 4 is 46.6 Å². The first-order valence-electron chi connectivity index (χ1n) is 8.76. The van der Waals surface area contributed by atoms with E-state index >= 15 is 0 Å². The second kappa shape index (κ2) is 8.37. The molecule has 0 saturated carbocycles. The molecule has 1 aromatic carbocycles. The smallest absolute Gasteiger partial charge is 0.130 e. The van der Waals surface area contributed by atoms with Crippen molar-refractivity contribution in [1.29, 1.82) is 0 Å². The van der Waals surface area contributed by atoms with Gasteiger partial charge in [0, 0.05) is 52.7 Å². The number of hydrogen-bond donors (Lipinski definition) is 1. The van der Waals surface area contributed by atoms with Gasteiger partial charge in [0.1, 0.15) is 6.34 Å². The molecule has 0 spiro atoms. The molecule has 0 bridgehead atoms. The third kappa shape index (κ3) is 4.37. The molecule has 2 aromatic heterocycles. The van der Waals surface area contributed by atoms with E-state index in [1.807, 2.05) is 11.1 Å². The summed E-state index contributed by atoms with van der Waals surface area (Å²) < 4.78 is 0. The van der Waals surface area contributed by atoms with Crippen LogP contribution in [0.3, 0.4) is 0 Å². The molecule has 1 N–H and O–H groups in total. The van der Waals surface area contributed by atoms with Crippen LogP contribution in [0.2, 0.25) is 0 Å². The lowest BCUT2D eigenvalue weighted by molar-refractivity contribution is 0.302. The van der Waals surface area contributed by atoms with Crippen molar-refractivity contribution in [3.8, 4) is 9.75 Å². The largest absolute Gasteiger partial charge is 0.410 e. The van der Waals surface area contributed by atoms with Gasteiger partial charge in [0.25, 0.3) is 0 Å². The molecule has 3 heterocycles. The zero-order valence-electron chi connectivity index (χ0n) is 14.7. The molecule has 3 aromatic rings. The number of piperazine rings is 1. The maximum absolute atomic E-state index is 8.62. The normalized spacial score (nSPS) is 15.3. The van der Waals surface area contributed by atoms with Crippen LogP contribution >= 0.6 is 22.7 Å². The molecule has 1 saturated heterocycles. The number of thiophene rings is 2. The first-order chi connectivity index (χ1) is 13.3. The molecule has 1 aliphatic rings. The number of oxime groups is 1. The van der Waals surface area contributed by atoms with Gasteiger partial charge in [0.15, 0.2) is 0 Å². The molecule has 5 nitrogen and oxygen atoms in total. The van der Waals surface area contributed by atoms with Crippen molar-refractivity contribution in [2.45, 2.75) is 0 Å². The summed E-state index contributed by atoms with van der Waals surface area (Å²) >= 11 is 3.52. The zero-order chi connectivity index (χ0) is 18.5. The number of benzene rings is 1. The van der Waals surface area contributed by atoms with Crippen molar-refractivity contribution in [3.05, 3.63) is 58.8 Å². The highest BCUT2D eigenvalue weighted by Gasteiger charge is 2.15. The van der Waals surface area contributed by atoms with Crippen molar-refractivity contribution in [1.82, 2.24) is 4.90 Å². The van der Waals surface area contributed by atoms with Gasteiger partial charge >= 0.3 is 0 Å². The highest BCUT2D eigenvalue weighted by atomic mass is 32.1. The molecule has 7 heteroatoms. The Balaban J connectivity index is 1.37. The molecule has 0 amide bonds. The summed E-state index contributed by atoms with van der Waals surface area (Å²) in [5.41, 5.74) is 2.15. The zero-order valence-corrected chi connectivity index (χ0v) is 16.4. The lowest BCUT2D eigenvalue weighted by atomic mass is 10.2. The van der Waals surface area contributed by atoms with Gasteiger partial charge in [-0.2, -0.15) is 0 Å². The second-order valence-corrected chi connectivity index (χ2v) is 8.27. The van der Waals surface area contributed by atoms with Crippen molar-refractivity contribution < 1.29 is 5.21 Å². The first-order valence-corrected chi connectivity index (χ1v) is 10.5. The van der Waals surface area contributed by atoms with Crippen molar-refractivity contribution in [2.75, 3.05) is 31.1 Å². The van der Waals surface area contributed by atoms with E-state index in [0.29, 0.717) is 0 Å². The number of nitrogens with zero attached hydrogens (tertiary/aromatic N) is 4. The number of anilines is 1. The molecule has 1 aliphatic heterocycles. The lowest BCUT2D eigenvalue weighted by Crippen LogP contribution is -2.45. The SMILES string of the molecule is ON=CN1CCN(c2ccc(N=Cc3ccc(-c4cccs4)s3)cc2)CC1. The monoisotopic (exact) mass is 396 g/mol. The molecule has 1 fully saturated rings. The van der Waals surface area contributed by atoms with Gasteiger partial charge in [0.05, 0.1) is 5.69 Å². The van der Waals surface area contributed by atoms with Gasteiger partial charge in [-0.1, -0.05) is 11.2 Å². The van der Waals surface area contributed by atoms with Crippen LogP contribution in [-0.4, -0.2) is 48.8 Å². The van der Waals surface area contributed by atoms with Gasteiger partial charge in [-0.25, -0.2) is 0 Å². The minimum Gasteiger partial charge on any atom is -0.410 e. The van der Waals surface area contributed by atoms with Crippen LogP contribution in [-0.2, 0) is 0 Å². The standard InChI is InChI=1S/C20H20N4OS2/c25-22-15-23-9-11-24(12-10-23)17-5-3-16(4-6-17)21-14-18-7-8-20(27-18)19-2-1-13-26-19/h1-8,13-15,25H,9-12H2. The molecular weight excluding hydrogens is 376 g/mol. The Morgan fingerprint density at radius 2 is 1.74 bits per heavy atom. The Bertz CT molecular complexity index is 908. The number of aliphatic imine (C=N–C) groups is 1. The predicted molar refractivity (Wildman–Crippen MR) is 115 cm³/mol. The van der Waals surface area contributed by atoms with E-state index in [0.717, 1.165) is 36.7 Å². The number of hydrogen-bond acceptors (Lipinski definition) is 6. The van der Waals surface area contributed by atoms with Gasteiger partial charge in [-0.15, -0.1) is 22.7 Å². The summed E-state index contributed by atoms with van der Waals surface area (Å²) in [7, 11) is 0. The average molecular weight is 397 g/mol. The third-order valence-electron chi connectivity index (χ3n) is 4.48. The summed E-state index contributed by atoms with van der Waals surface area (Å²) in [5.74, 6) is 0. The van der Waals surface area contributed by atoms with Crippen LogP contribution in [0.1, 0.15) is 4.88 Å². The van der Waals surface area contributed by atoms with Gasteiger partial charge in [-0.3, -0.25) is 4.99 Å². The highest BCUT2D eigenvalue weighted by Crippen LogP contribution is 2.31. The molecule has 138 valence electrons. The first kappa shape index (κ1) is 17.8. The quantitative estimate of drug-likeness (QED) is 0.293. The Morgan fingerprint density at radius 3 is 2.44 bits per heavy atom. The molecular formula is C20H20N4OS2. The van der Waals surface area contributed by atoms with Crippen molar-refractivity contribution in [3.63, 3.8) is 0 Å². The molecule has 0 atom stereocenters. The van der Waals surface area contributed by atoms with Crippen LogP contribution in [0.5, 0.6) is 0 Å². The lowest BCUT2D eigenvalue weighted by Gasteiger charge is -2.34. The topological polar surface area (TPSA) is 51.4 Å². The Morgan fingerprint density at radius 1 is 0.926 bits per heavy atom. The van der Waals surface area contributed by atoms with Crippen LogP contribution < -0.4 is 4.90 Å². The minimum absolute atomic E-state index is 0.856. The number of rotatable bonds is 5. The molecule has 0 aliphatic carbocycles. The van der Waals surface area contributed by atoms with Crippen molar-refractivity contribution in [2.24, 2.45) is 10.1 Å². The van der Waals surface area contributed by atoms with E-state index in [1.54, 1.807) is 22.7 Å². The molecule has 4 rings (SSSR count). The fourth-order valence-electron chi connectivity index (χ4n) is 3.03. The summed E-state index contributed by atoms with van der Waals surface area (Å²) in [5, 5.41) is 13.8. The molecule has 0 radical (unpaired) electrons. The van der Waals surface area contributed by atoms with Gasteiger partial charge in [-0.05, 0) is 47.8 Å². The van der Waals surface area contributed by atoms with Crippen LogP contribution in [0.15, 0.2) is 64.1 Å². The maximum atomic E-state index is 8.62. The summed E-state index contributed by atoms with van der Waals surface area (Å²) in [4.78, 5) is 12.7. The van der Waals surface area contributed by atoms with E-state index in [9.17, 15) is 0 Å². The van der Waals surface area contributed by atoms with E-state index in [2.05, 4.69) is 69.0 Å². The molecule has 0 unspecified atom stereocenters. The summed E-state index contributed by atoms with van der Waals surface area (Å²) in [6.07, 6.45) is 3.42. The molecule has 27 heavy (non-hydrogen) atoms. The highest BCUT2D eigenvalue weighted by molar-refractivity contribution is 7.22. The van der Waals surface area contributed by atoms with E-state index < -0.39 is 0 Å².